The third kappa shape index (κ3) is 3.61. The summed E-state index contributed by atoms with van der Waals surface area (Å²) in [7, 11) is 0. The van der Waals surface area contributed by atoms with Gasteiger partial charge in [-0.05, 0) is 34.9 Å². The summed E-state index contributed by atoms with van der Waals surface area (Å²) < 4.78 is 5.84. The zero-order valence-electron chi connectivity index (χ0n) is 12.0. The first kappa shape index (κ1) is 14.1. The van der Waals surface area contributed by atoms with Crippen molar-refractivity contribution in [3.05, 3.63) is 46.3 Å². The Morgan fingerprint density at radius 1 is 1.48 bits per heavy atom. The van der Waals surface area contributed by atoms with E-state index >= 15 is 0 Å². The monoisotopic (exact) mass is 302 g/mol. The SMILES string of the molecule is Cc1ccc(OC2CCN(C(=O)Cc3ccsc3)C2)nc1. The molecule has 0 aromatic carbocycles. The predicted octanol–water partition coefficient (Wildman–Crippen LogP) is 2.67. The highest BCUT2D eigenvalue weighted by Gasteiger charge is 2.27. The predicted molar refractivity (Wildman–Crippen MR) is 82.6 cm³/mol. The van der Waals surface area contributed by atoms with Crippen LogP contribution in [0.4, 0.5) is 0 Å². The fourth-order valence-corrected chi connectivity index (χ4v) is 3.09. The van der Waals surface area contributed by atoms with Crippen molar-refractivity contribution in [1.29, 1.82) is 0 Å². The van der Waals surface area contributed by atoms with E-state index in [4.69, 9.17) is 4.74 Å². The molecule has 1 amide bonds. The molecule has 1 atom stereocenters. The zero-order valence-corrected chi connectivity index (χ0v) is 12.8. The molecule has 0 saturated carbocycles. The van der Waals surface area contributed by atoms with E-state index in [1.807, 2.05) is 40.8 Å². The van der Waals surface area contributed by atoms with Gasteiger partial charge in [0.15, 0.2) is 0 Å². The summed E-state index contributed by atoms with van der Waals surface area (Å²) in [5, 5.41) is 4.03. The van der Waals surface area contributed by atoms with Gasteiger partial charge < -0.3 is 9.64 Å². The van der Waals surface area contributed by atoms with E-state index < -0.39 is 0 Å². The lowest BCUT2D eigenvalue weighted by Crippen LogP contribution is -2.32. The minimum Gasteiger partial charge on any atom is -0.472 e. The maximum atomic E-state index is 12.2. The zero-order chi connectivity index (χ0) is 14.7. The Hall–Kier alpha value is -1.88. The maximum absolute atomic E-state index is 12.2. The number of hydrogen-bond donors (Lipinski definition) is 0. The highest BCUT2D eigenvalue weighted by Crippen LogP contribution is 2.18. The molecular formula is C16H18N2O2S. The molecule has 21 heavy (non-hydrogen) atoms. The number of aromatic nitrogens is 1. The van der Waals surface area contributed by atoms with Gasteiger partial charge in [-0.25, -0.2) is 4.98 Å². The molecule has 0 bridgehead atoms. The minimum atomic E-state index is 0.0478. The molecule has 5 heteroatoms. The largest absolute Gasteiger partial charge is 0.472 e. The van der Waals surface area contributed by atoms with Crippen molar-refractivity contribution in [2.75, 3.05) is 13.1 Å². The van der Waals surface area contributed by atoms with Crippen molar-refractivity contribution in [1.82, 2.24) is 9.88 Å². The van der Waals surface area contributed by atoms with E-state index in [1.165, 1.54) is 0 Å². The first-order valence-corrected chi connectivity index (χ1v) is 8.03. The second-order valence-electron chi connectivity index (χ2n) is 5.35. The molecule has 3 heterocycles. The second-order valence-corrected chi connectivity index (χ2v) is 6.13. The molecule has 0 radical (unpaired) electrons. The van der Waals surface area contributed by atoms with Gasteiger partial charge in [-0.3, -0.25) is 4.79 Å². The van der Waals surface area contributed by atoms with Crippen molar-refractivity contribution < 1.29 is 9.53 Å². The molecule has 1 saturated heterocycles. The van der Waals surface area contributed by atoms with Crippen LogP contribution in [0.1, 0.15) is 17.5 Å². The van der Waals surface area contributed by atoms with Gasteiger partial charge in [0.05, 0.1) is 13.0 Å². The van der Waals surface area contributed by atoms with Crippen LogP contribution < -0.4 is 4.74 Å². The fraction of sp³-hybridized carbons (Fsp3) is 0.375. The highest BCUT2D eigenvalue weighted by atomic mass is 32.1. The van der Waals surface area contributed by atoms with Crippen molar-refractivity contribution >= 4 is 17.2 Å². The number of carbonyl (C=O) groups is 1. The maximum Gasteiger partial charge on any atom is 0.227 e. The Morgan fingerprint density at radius 2 is 2.38 bits per heavy atom. The van der Waals surface area contributed by atoms with Gasteiger partial charge in [0.2, 0.25) is 11.8 Å². The van der Waals surface area contributed by atoms with Crippen LogP contribution in [0.25, 0.3) is 0 Å². The summed E-state index contributed by atoms with van der Waals surface area (Å²) in [6.07, 6.45) is 3.19. The van der Waals surface area contributed by atoms with Gasteiger partial charge in [0, 0.05) is 25.2 Å². The first-order valence-electron chi connectivity index (χ1n) is 7.09. The molecule has 1 unspecified atom stereocenters. The number of carbonyl (C=O) groups excluding carboxylic acids is 1. The molecule has 2 aromatic heterocycles. The lowest BCUT2D eigenvalue weighted by molar-refractivity contribution is -0.129. The van der Waals surface area contributed by atoms with Crippen LogP contribution in [0.5, 0.6) is 5.88 Å². The lowest BCUT2D eigenvalue weighted by atomic mass is 10.2. The van der Waals surface area contributed by atoms with E-state index in [0.29, 0.717) is 18.8 Å². The average molecular weight is 302 g/mol. The van der Waals surface area contributed by atoms with Crippen LogP contribution in [0.2, 0.25) is 0 Å². The quantitative estimate of drug-likeness (QED) is 0.872. The molecule has 0 spiro atoms. The number of amides is 1. The van der Waals surface area contributed by atoms with Gasteiger partial charge in [0.1, 0.15) is 6.10 Å². The smallest absolute Gasteiger partial charge is 0.227 e. The Kier molecular flexibility index (Phi) is 4.20. The standard InChI is InChI=1S/C16H18N2O2S/c1-12-2-3-15(17-9-12)20-14-4-6-18(10-14)16(19)8-13-5-7-21-11-13/h2-3,5,7,9,11,14H,4,6,8,10H2,1H3. The number of nitrogens with zero attached hydrogens (tertiary/aromatic N) is 2. The second kappa shape index (κ2) is 6.26. The molecule has 0 N–H and O–H groups in total. The summed E-state index contributed by atoms with van der Waals surface area (Å²) in [6, 6.07) is 5.87. The number of pyridine rings is 1. The molecule has 4 nitrogen and oxygen atoms in total. The normalized spacial score (nSPS) is 18.0. The van der Waals surface area contributed by atoms with Crippen LogP contribution in [0.15, 0.2) is 35.2 Å². The van der Waals surface area contributed by atoms with Crippen LogP contribution >= 0.6 is 11.3 Å². The summed E-state index contributed by atoms with van der Waals surface area (Å²) >= 11 is 1.62. The topological polar surface area (TPSA) is 42.4 Å². The molecule has 1 aliphatic heterocycles. The number of hydrogen-bond acceptors (Lipinski definition) is 4. The molecular weight excluding hydrogens is 284 g/mol. The highest BCUT2D eigenvalue weighted by molar-refractivity contribution is 7.07. The van der Waals surface area contributed by atoms with E-state index in [-0.39, 0.29) is 12.0 Å². The molecule has 110 valence electrons. The number of likely N-dealkylation sites (tertiary alicyclic amines) is 1. The Bertz CT molecular complexity index is 595. The van der Waals surface area contributed by atoms with Crippen molar-refractivity contribution in [2.45, 2.75) is 25.9 Å². The molecule has 3 rings (SSSR count). The van der Waals surface area contributed by atoms with Crippen LogP contribution in [-0.4, -0.2) is 35.0 Å². The van der Waals surface area contributed by atoms with Gasteiger partial charge in [-0.1, -0.05) is 6.07 Å². The van der Waals surface area contributed by atoms with E-state index in [9.17, 15) is 4.79 Å². The van der Waals surface area contributed by atoms with Gasteiger partial charge in [0.25, 0.3) is 0 Å². The van der Waals surface area contributed by atoms with Crippen molar-refractivity contribution in [3.63, 3.8) is 0 Å². The Labute approximate surface area is 128 Å². The fourth-order valence-electron chi connectivity index (χ4n) is 2.43. The Balaban J connectivity index is 1.53. The minimum absolute atomic E-state index is 0.0478. The number of thiophene rings is 1. The third-order valence-electron chi connectivity index (χ3n) is 3.60. The third-order valence-corrected chi connectivity index (χ3v) is 4.34. The molecule has 1 aliphatic rings. The summed E-state index contributed by atoms with van der Waals surface area (Å²) in [6.45, 7) is 3.41. The summed E-state index contributed by atoms with van der Waals surface area (Å²) in [5.74, 6) is 0.814. The van der Waals surface area contributed by atoms with Crippen LogP contribution in [0.3, 0.4) is 0 Å². The van der Waals surface area contributed by atoms with Crippen molar-refractivity contribution in [3.8, 4) is 5.88 Å². The van der Waals surface area contributed by atoms with E-state index in [1.54, 1.807) is 17.5 Å². The van der Waals surface area contributed by atoms with E-state index in [2.05, 4.69) is 4.98 Å². The molecule has 1 fully saturated rings. The van der Waals surface area contributed by atoms with Crippen LogP contribution in [-0.2, 0) is 11.2 Å². The number of aryl methyl sites for hydroxylation is 1. The van der Waals surface area contributed by atoms with Gasteiger partial charge >= 0.3 is 0 Å². The number of rotatable bonds is 4. The van der Waals surface area contributed by atoms with Gasteiger partial charge in [-0.2, -0.15) is 11.3 Å². The average Bonchev–Trinajstić information content (AvgIpc) is 3.13. The van der Waals surface area contributed by atoms with E-state index in [0.717, 1.165) is 24.1 Å². The number of ether oxygens (including phenoxy) is 1. The molecule has 0 aliphatic carbocycles. The summed E-state index contributed by atoms with van der Waals surface area (Å²) in [5.41, 5.74) is 2.20. The first-order chi connectivity index (χ1) is 10.2. The summed E-state index contributed by atoms with van der Waals surface area (Å²) in [4.78, 5) is 18.3. The Morgan fingerprint density at radius 3 is 3.10 bits per heavy atom. The lowest BCUT2D eigenvalue weighted by Gasteiger charge is -2.16. The van der Waals surface area contributed by atoms with Crippen LogP contribution in [0, 0.1) is 6.92 Å². The van der Waals surface area contributed by atoms with Crippen molar-refractivity contribution in [2.24, 2.45) is 0 Å². The van der Waals surface area contributed by atoms with Gasteiger partial charge in [-0.15, -0.1) is 0 Å². The molecule has 2 aromatic rings.